The monoisotopic (exact) mass is 288 g/mol. The Kier molecular flexibility index (Phi) is 2.50. The van der Waals surface area contributed by atoms with Gasteiger partial charge in [-0.25, -0.2) is 0 Å². The number of fused-ring (bicyclic) bond motifs is 1. The Labute approximate surface area is 133 Å². The molecule has 0 heteroatoms. The fraction of sp³-hybridized carbons (Fsp3) is 0.455. The van der Waals surface area contributed by atoms with Crippen molar-refractivity contribution in [3.8, 4) is 11.1 Å². The zero-order valence-corrected chi connectivity index (χ0v) is 13.8. The second-order valence-corrected chi connectivity index (χ2v) is 7.97. The van der Waals surface area contributed by atoms with Crippen molar-refractivity contribution in [2.45, 2.75) is 64.2 Å². The van der Waals surface area contributed by atoms with Crippen LogP contribution in [0.25, 0.3) is 11.1 Å². The highest BCUT2D eigenvalue weighted by Gasteiger charge is 2.43. The van der Waals surface area contributed by atoms with Gasteiger partial charge in [0.05, 0.1) is 0 Å². The summed E-state index contributed by atoms with van der Waals surface area (Å²) in [7, 11) is 0. The summed E-state index contributed by atoms with van der Waals surface area (Å²) in [5.74, 6) is 0. The molecule has 3 aliphatic rings. The van der Waals surface area contributed by atoms with Crippen LogP contribution in [0.15, 0.2) is 24.3 Å². The van der Waals surface area contributed by atoms with Crippen LogP contribution in [-0.2, 0) is 24.7 Å². The first-order valence-corrected chi connectivity index (χ1v) is 8.93. The molecule has 2 aromatic carbocycles. The molecule has 1 saturated carbocycles. The first-order chi connectivity index (χ1) is 10.7. The number of rotatable bonds is 0. The van der Waals surface area contributed by atoms with E-state index in [-0.39, 0.29) is 0 Å². The summed E-state index contributed by atoms with van der Waals surface area (Å²) in [5, 5.41) is 0. The second kappa shape index (κ2) is 4.25. The second-order valence-electron chi connectivity index (χ2n) is 7.97. The van der Waals surface area contributed by atoms with E-state index in [0.717, 1.165) is 0 Å². The Hall–Kier alpha value is -1.56. The molecule has 0 aliphatic heterocycles. The molecule has 0 amide bonds. The maximum Gasteiger partial charge on any atom is -0.00000793 e. The standard InChI is InChI=1S/C22H24/c1-14-9-16-5-6-17-10-15(2)12-19-21(17)20(16)18(11-14)13-22(19)7-3-4-8-22/h9-12H,3-8,13H2,1-2H3. The van der Waals surface area contributed by atoms with Crippen molar-refractivity contribution in [2.75, 3.05) is 0 Å². The van der Waals surface area contributed by atoms with Crippen molar-refractivity contribution in [1.82, 2.24) is 0 Å². The van der Waals surface area contributed by atoms with Crippen molar-refractivity contribution in [3.63, 3.8) is 0 Å². The fourth-order valence-electron chi connectivity index (χ4n) is 5.60. The quantitative estimate of drug-likeness (QED) is 0.606. The minimum Gasteiger partial charge on any atom is -0.0555 e. The molecule has 3 aliphatic carbocycles. The lowest BCUT2D eigenvalue weighted by Crippen LogP contribution is -2.31. The smallest absolute Gasteiger partial charge is 0.00000793 e. The van der Waals surface area contributed by atoms with Crippen molar-refractivity contribution in [1.29, 1.82) is 0 Å². The Morgan fingerprint density at radius 3 is 2.05 bits per heavy atom. The Bertz CT molecular complexity index is 788. The van der Waals surface area contributed by atoms with Crippen LogP contribution < -0.4 is 0 Å². The van der Waals surface area contributed by atoms with Crippen LogP contribution in [-0.4, -0.2) is 0 Å². The van der Waals surface area contributed by atoms with Crippen LogP contribution in [0.5, 0.6) is 0 Å². The van der Waals surface area contributed by atoms with Gasteiger partial charge in [-0.1, -0.05) is 48.2 Å². The van der Waals surface area contributed by atoms with E-state index in [1.807, 2.05) is 0 Å². The van der Waals surface area contributed by atoms with Crippen LogP contribution in [0, 0.1) is 13.8 Å². The van der Waals surface area contributed by atoms with Gasteiger partial charge in [-0.3, -0.25) is 0 Å². The zero-order chi connectivity index (χ0) is 14.9. The molecule has 0 saturated heterocycles. The summed E-state index contributed by atoms with van der Waals surface area (Å²) < 4.78 is 0. The van der Waals surface area contributed by atoms with E-state index in [4.69, 9.17) is 0 Å². The largest absolute Gasteiger partial charge is 0.0555 e. The third-order valence-corrected chi connectivity index (χ3v) is 6.38. The molecule has 0 nitrogen and oxygen atoms in total. The minimum atomic E-state index is 0.450. The number of hydrogen-bond donors (Lipinski definition) is 0. The maximum atomic E-state index is 2.53. The molecule has 0 aromatic heterocycles. The highest BCUT2D eigenvalue weighted by atomic mass is 14.5. The molecule has 1 fully saturated rings. The van der Waals surface area contributed by atoms with Gasteiger partial charge in [-0.2, -0.15) is 0 Å². The van der Waals surface area contributed by atoms with Gasteiger partial charge in [-0.05, 0) is 84.7 Å². The van der Waals surface area contributed by atoms with Crippen molar-refractivity contribution in [3.05, 3.63) is 57.6 Å². The molecule has 2 aromatic rings. The fourth-order valence-corrected chi connectivity index (χ4v) is 5.60. The van der Waals surface area contributed by atoms with E-state index in [2.05, 4.69) is 38.1 Å². The zero-order valence-electron chi connectivity index (χ0n) is 13.8. The lowest BCUT2D eigenvalue weighted by molar-refractivity contribution is 0.432. The molecule has 5 rings (SSSR count). The average Bonchev–Trinajstić information content (AvgIpc) is 2.94. The Morgan fingerprint density at radius 1 is 0.727 bits per heavy atom. The van der Waals surface area contributed by atoms with Gasteiger partial charge in [0.1, 0.15) is 0 Å². The highest BCUT2D eigenvalue weighted by Crippen LogP contribution is 2.55. The van der Waals surface area contributed by atoms with Gasteiger partial charge in [0.15, 0.2) is 0 Å². The van der Waals surface area contributed by atoms with E-state index in [0.29, 0.717) is 5.41 Å². The lowest BCUT2D eigenvalue weighted by Gasteiger charge is -2.41. The van der Waals surface area contributed by atoms with Gasteiger partial charge in [-0.15, -0.1) is 0 Å². The molecule has 0 bridgehead atoms. The molecule has 1 spiro atoms. The first-order valence-electron chi connectivity index (χ1n) is 8.93. The van der Waals surface area contributed by atoms with E-state index < -0.39 is 0 Å². The van der Waals surface area contributed by atoms with Crippen LogP contribution >= 0.6 is 0 Å². The summed E-state index contributed by atoms with van der Waals surface area (Å²) in [6, 6.07) is 9.91. The van der Waals surface area contributed by atoms with E-state index >= 15 is 0 Å². The number of benzene rings is 2. The van der Waals surface area contributed by atoms with Gasteiger partial charge in [0.2, 0.25) is 0 Å². The van der Waals surface area contributed by atoms with Gasteiger partial charge in [0.25, 0.3) is 0 Å². The van der Waals surface area contributed by atoms with Gasteiger partial charge < -0.3 is 0 Å². The van der Waals surface area contributed by atoms with Crippen molar-refractivity contribution in [2.24, 2.45) is 0 Å². The van der Waals surface area contributed by atoms with Crippen molar-refractivity contribution >= 4 is 0 Å². The highest BCUT2D eigenvalue weighted by molar-refractivity contribution is 5.83. The minimum absolute atomic E-state index is 0.450. The van der Waals surface area contributed by atoms with E-state index in [9.17, 15) is 0 Å². The van der Waals surface area contributed by atoms with Crippen LogP contribution in [0.3, 0.4) is 0 Å². The molecule has 112 valence electrons. The molecule has 0 atom stereocenters. The Balaban J connectivity index is 1.89. The number of aryl methyl sites for hydroxylation is 4. The molecular weight excluding hydrogens is 264 g/mol. The first kappa shape index (κ1) is 12.9. The summed E-state index contributed by atoms with van der Waals surface area (Å²) >= 11 is 0. The predicted octanol–water partition coefficient (Wildman–Crippen LogP) is 5.44. The molecule has 0 radical (unpaired) electrons. The van der Waals surface area contributed by atoms with E-state index in [1.165, 1.54) is 56.1 Å². The molecule has 0 N–H and O–H groups in total. The van der Waals surface area contributed by atoms with Crippen LogP contribution in [0.2, 0.25) is 0 Å². The SMILES string of the molecule is Cc1cc2c3c(c1)CC1(CCCC1)c1cc(C)cc(c1-3)CC2. The van der Waals surface area contributed by atoms with E-state index in [1.54, 1.807) is 33.4 Å². The average molecular weight is 288 g/mol. The maximum absolute atomic E-state index is 2.53. The topological polar surface area (TPSA) is 0 Å². The van der Waals surface area contributed by atoms with Crippen LogP contribution in [0.1, 0.15) is 59.1 Å². The molecular formula is C22H24. The predicted molar refractivity (Wildman–Crippen MR) is 92.6 cm³/mol. The molecule has 0 unspecified atom stereocenters. The third-order valence-electron chi connectivity index (χ3n) is 6.38. The summed E-state index contributed by atoms with van der Waals surface area (Å²) in [6.45, 7) is 4.57. The summed E-state index contributed by atoms with van der Waals surface area (Å²) in [6.07, 6.45) is 9.36. The van der Waals surface area contributed by atoms with Gasteiger partial charge in [0, 0.05) is 0 Å². The van der Waals surface area contributed by atoms with Crippen molar-refractivity contribution < 1.29 is 0 Å². The summed E-state index contributed by atoms with van der Waals surface area (Å²) in [4.78, 5) is 0. The third kappa shape index (κ3) is 1.59. The number of hydrogen-bond acceptors (Lipinski definition) is 0. The lowest BCUT2D eigenvalue weighted by atomic mass is 9.63. The molecule has 0 heterocycles. The van der Waals surface area contributed by atoms with Crippen LogP contribution in [0.4, 0.5) is 0 Å². The normalized spacial score (nSPS) is 20.3. The summed E-state index contributed by atoms with van der Waals surface area (Å²) in [5.41, 5.74) is 13.2. The molecule has 22 heavy (non-hydrogen) atoms. The van der Waals surface area contributed by atoms with Gasteiger partial charge >= 0.3 is 0 Å². The Morgan fingerprint density at radius 2 is 1.32 bits per heavy atom.